The maximum absolute atomic E-state index is 10.8. The zero-order chi connectivity index (χ0) is 9.84. The SMILES string of the molecule is CC(=O)Cc1ccc(C=O)c(Br)c1. The zero-order valence-electron chi connectivity index (χ0n) is 7.21. The summed E-state index contributed by atoms with van der Waals surface area (Å²) in [6.45, 7) is 1.54. The molecule has 3 heteroatoms. The van der Waals surface area contributed by atoms with Crippen molar-refractivity contribution in [2.75, 3.05) is 0 Å². The fourth-order valence-electron chi connectivity index (χ4n) is 1.06. The molecule has 0 fully saturated rings. The average Bonchev–Trinajstić information content (AvgIpc) is 2.03. The lowest BCUT2D eigenvalue weighted by Crippen LogP contribution is -1.96. The van der Waals surface area contributed by atoms with E-state index in [-0.39, 0.29) is 5.78 Å². The summed E-state index contributed by atoms with van der Waals surface area (Å²) in [7, 11) is 0. The third-order valence-corrected chi connectivity index (χ3v) is 2.33. The van der Waals surface area contributed by atoms with Crippen LogP contribution in [0.1, 0.15) is 22.8 Å². The van der Waals surface area contributed by atoms with Gasteiger partial charge in [0, 0.05) is 16.5 Å². The smallest absolute Gasteiger partial charge is 0.151 e. The second kappa shape index (κ2) is 4.33. The Morgan fingerprint density at radius 3 is 2.69 bits per heavy atom. The normalized spacial score (nSPS) is 9.69. The Bertz CT molecular complexity index is 345. The van der Waals surface area contributed by atoms with E-state index in [1.54, 1.807) is 25.1 Å². The average molecular weight is 241 g/mol. The van der Waals surface area contributed by atoms with Crippen molar-refractivity contribution in [3.63, 3.8) is 0 Å². The van der Waals surface area contributed by atoms with Gasteiger partial charge in [-0.25, -0.2) is 0 Å². The highest BCUT2D eigenvalue weighted by Crippen LogP contribution is 2.17. The van der Waals surface area contributed by atoms with Crippen LogP contribution in [0, 0.1) is 0 Å². The summed E-state index contributed by atoms with van der Waals surface area (Å²) < 4.78 is 0.737. The topological polar surface area (TPSA) is 34.1 Å². The summed E-state index contributed by atoms with van der Waals surface area (Å²) in [5, 5.41) is 0. The van der Waals surface area contributed by atoms with Crippen LogP contribution in [0.2, 0.25) is 0 Å². The van der Waals surface area contributed by atoms with Gasteiger partial charge in [0.05, 0.1) is 0 Å². The third kappa shape index (κ3) is 2.77. The van der Waals surface area contributed by atoms with Gasteiger partial charge in [0.2, 0.25) is 0 Å². The summed E-state index contributed by atoms with van der Waals surface area (Å²) in [5.41, 5.74) is 1.53. The van der Waals surface area contributed by atoms with Crippen LogP contribution >= 0.6 is 15.9 Å². The number of benzene rings is 1. The predicted molar refractivity (Wildman–Crippen MR) is 53.9 cm³/mol. The van der Waals surface area contributed by atoms with Crippen LogP contribution in [-0.4, -0.2) is 12.1 Å². The first-order valence-corrected chi connectivity index (χ1v) is 4.66. The molecule has 0 aromatic heterocycles. The zero-order valence-corrected chi connectivity index (χ0v) is 8.80. The fraction of sp³-hybridized carbons (Fsp3) is 0.200. The Labute approximate surface area is 85.1 Å². The van der Waals surface area contributed by atoms with Crippen LogP contribution in [0.4, 0.5) is 0 Å². The van der Waals surface area contributed by atoms with Crippen molar-refractivity contribution in [1.29, 1.82) is 0 Å². The molecule has 0 spiro atoms. The Morgan fingerprint density at radius 2 is 2.23 bits per heavy atom. The summed E-state index contributed by atoms with van der Waals surface area (Å²) in [6, 6.07) is 5.29. The summed E-state index contributed by atoms with van der Waals surface area (Å²) in [5.74, 6) is 0.116. The van der Waals surface area contributed by atoms with Crippen LogP contribution in [0.5, 0.6) is 0 Å². The van der Waals surface area contributed by atoms with E-state index >= 15 is 0 Å². The van der Waals surface area contributed by atoms with Crippen molar-refractivity contribution < 1.29 is 9.59 Å². The van der Waals surface area contributed by atoms with Crippen LogP contribution in [0.15, 0.2) is 22.7 Å². The monoisotopic (exact) mass is 240 g/mol. The molecule has 0 aliphatic rings. The van der Waals surface area contributed by atoms with Crippen molar-refractivity contribution in [1.82, 2.24) is 0 Å². The lowest BCUT2D eigenvalue weighted by atomic mass is 10.1. The van der Waals surface area contributed by atoms with Gasteiger partial charge < -0.3 is 0 Å². The second-order valence-corrected chi connectivity index (χ2v) is 3.71. The van der Waals surface area contributed by atoms with Crippen LogP contribution in [0.3, 0.4) is 0 Å². The Balaban J connectivity index is 2.95. The molecule has 0 amide bonds. The molecule has 1 aromatic carbocycles. The highest BCUT2D eigenvalue weighted by Gasteiger charge is 2.01. The van der Waals surface area contributed by atoms with Crippen molar-refractivity contribution in [2.45, 2.75) is 13.3 Å². The molecule has 0 saturated carbocycles. The van der Waals surface area contributed by atoms with E-state index in [0.29, 0.717) is 12.0 Å². The number of carbonyl (C=O) groups is 2. The number of carbonyl (C=O) groups excluding carboxylic acids is 2. The maximum atomic E-state index is 10.8. The molecule has 2 nitrogen and oxygen atoms in total. The molecule has 13 heavy (non-hydrogen) atoms. The minimum Gasteiger partial charge on any atom is -0.300 e. The lowest BCUT2D eigenvalue weighted by molar-refractivity contribution is -0.116. The largest absolute Gasteiger partial charge is 0.300 e. The number of hydrogen-bond acceptors (Lipinski definition) is 2. The molecule has 0 atom stereocenters. The molecular formula is C10H9BrO2. The highest BCUT2D eigenvalue weighted by molar-refractivity contribution is 9.10. The van der Waals surface area contributed by atoms with Gasteiger partial charge in [-0.3, -0.25) is 9.59 Å². The standard InChI is InChI=1S/C10H9BrO2/c1-7(13)4-8-2-3-9(6-12)10(11)5-8/h2-3,5-6H,4H2,1H3. The summed E-state index contributed by atoms with van der Waals surface area (Å²) in [6.07, 6.45) is 1.19. The molecule has 0 radical (unpaired) electrons. The number of rotatable bonds is 3. The van der Waals surface area contributed by atoms with Crippen molar-refractivity contribution in [3.05, 3.63) is 33.8 Å². The quantitative estimate of drug-likeness (QED) is 0.761. The van der Waals surface area contributed by atoms with E-state index < -0.39 is 0 Å². The molecule has 0 aliphatic carbocycles. The van der Waals surface area contributed by atoms with E-state index in [4.69, 9.17) is 0 Å². The first-order valence-electron chi connectivity index (χ1n) is 3.86. The number of hydrogen-bond donors (Lipinski definition) is 0. The number of aldehydes is 1. The van der Waals surface area contributed by atoms with Gasteiger partial charge in [0.1, 0.15) is 5.78 Å². The fourth-order valence-corrected chi connectivity index (χ4v) is 1.58. The Morgan fingerprint density at radius 1 is 1.54 bits per heavy atom. The summed E-state index contributed by atoms with van der Waals surface area (Å²) in [4.78, 5) is 21.3. The van der Waals surface area contributed by atoms with Crippen molar-refractivity contribution in [3.8, 4) is 0 Å². The molecule has 1 aromatic rings. The van der Waals surface area contributed by atoms with Gasteiger partial charge in [-0.05, 0) is 18.6 Å². The van der Waals surface area contributed by atoms with Gasteiger partial charge in [0.15, 0.2) is 6.29 Å². The summed E-state index contributed by atoms with van der Waals surface area (Å²) >= 11 is 3.25. The Hall–Kier alpha value is -0.960. The van der Waals surface area contributed by atoms with E-state index in [2.05, 4.69) is 15.9 Å². The van der Waals surface area contributed by atoms with E-state index in [9.17, 15) is 9.59 Å². The first kappa shape index (κ1) is 10.1. The second-order valence-electron chi connectivity index (χ2n) is 2.85. The van der Waals surface area contributed by atoms with Gasteiger partial charge in [-0.15, -0.1) is 0 Å². The molecular weight excluding hydrogens is 232 g/mol. The van der Waals surface area contributed by atoms with Gasteiger partial charge in [-0.2, -0.15) is 0 Å². The minimum atomic E-state index is 0.116. The molecule has 1 rings (SSSR count). The van der Waals surface area contributed by atoms with Gasteiger partial charge in [-0.1, -0.05) is 28.1 Å². The molecule has 0 N–H and O–H groups in total. The van der Waals surface area contributed by atoms with Crippen LogP contribution in [0.25, 0.3) is 0 Å². The molecule has 0 aliphatic heterocycles. The maximum Gasteiger partial charge on any atom is 0.151 e. The Kier molecular flexibility index (Phi) is 3.37. The van der Waals surface area contributed by atoms with E-state index in [1.807, 2.05) is 0 Å². The predicted octanol–water partition coefficient (Wildman–Crippen LogP) is 2.39. The lowest BCUT2D eigenvalue weighted by Gasteiger charge is -2.00. The number of ketones is 1. The van der Waals surface area contributed by atoms with Crippen molar-refractivity contribution in [2.24, 2.45) is 0 Å². The number of halogens is 1. The van der Waals surface area contributed by atoms with Crippen LogP contribution in [-0.2, 0) is 11.2 Å². The van der Waals surface area contributed by atoms with Crippen molar-refractivity contribution >= 4 is 28.0 Å². The molecule has 68 valence electrons. The molecule has 0 saturated heterocycles. The van der Waals surface area contributed by atoms with Gasteiger partial charge >= 0.3 is 0 Å². The molecule has 0 bridgehead atoms. The van der Waals surface area contributed by atoms with E-state index in [1.165, 1.54) is 0 Å². The number of Topliss-reactive ketones (excluding diaryl/α,β-unsaturated/α-hetero) is 1. The highest BCUT2D eigenvalue weighted by atomic mass is 79.9. The van der Waals surface area contributed by atoms with Crippen LogP contribution < -0.4 is 0 Å². The third-order valence-electron chi connectivity index (χ3n) is 1.64. The van der Waals surface area contributed by atoms with Gasteiger partial charge in [0.25, 0.3) is 0 Å². The van der Waals surface area contributed by atoms with E-state index in [0.717, 1.165) is 16.3 Å². The first-order chi connectivity index (χ1) is 6.13. The molecule has 0 unspecified atom stereocenters. The molecule has 0 heterocycles. The minimum absolute atomic E-state index is 0.116.